The average molecular weight is 384 g/mol. The summed E-state index contributed by atoms with van der Waals surface area (Å²) in [5.74, 6) is -0.123. The Bertz CT molecular complexity index is 350. The van der Waals surface area contributed by atoms with Gasteiger partial charge in [0.05, 0.1) is 27.7 Å². The van der Waals surface area contributed by atoms with E-state index in [2.05, 4.69) is 40.0 Å². The number of nitrogens with one attached hydrogen (secondary N) is 1. The molecular formula is C24H51N2O+. The van der Waals surface area contributed by atoms with E-state index in [1.165, 1.54) is 89.7 Å². The highest BCUT2D eigenvalue weighted by Crippen LogP contribution is 2.12. The van der Waals surface area contributed by atoms with Gasteiger partial charge in [-0.25, -0.2) is 0 Å². The molecule has 0 aromatic carbocycles. The van der Waals surface area contributed by atoms with Crippen molar-refractivity contribution in [1.29, 1.82) is 0 Å². The molecule has 0 aliphatic rings. The third kappa shape index (κ3) is 30.2. The van der Waals surface area contributed by atoms with Crippen LogP contribution in [0.5, 0.6) is 0 Å². The van der Waals surface area contributed by atoms with Crippen molar-refractivity contribution in [1.82, 2.24) is 5.32 Å². The Balaban J connectivity index is 0. The van der Waals surface area contributed by atoms with Crippen LogP contribution < -0.4 is 5.32 Å². The first-order valence-corrected chi connectivity index (χ1v) is 11.3. The van der Waals surface area contributed by atoms with Gasteiger partial charge in [-0.3, -0.25) is 4.79 Å². The smallest absolute Gasteiger partial charge is 0.243 e. The molecule has 0 spiro atoms. The molecule has 0 saturated carbocycles. The molecule has 0 heterocycles. The third-order valence-electron chi connectivity index (χ3n) is 4.37. The van der Waals surface area contributed by atoms with Crippen molar-refractivity contribution in [3.05, 3.63) is 12.7 Å². The van der Waals surface area contributed by atoms with Crippen LogP contribution in [0.15, 0.2) is 12.7 Å². The van der Waals surface area contributed by atoms with Crippen molar-refractivity contribution in [3.63, 3.8) is 0 Å². The normalized spacial score (nSPS) is 11.5. The van der Waals surface area contributed by atoms with Crippen molar-refractivity contribution in [3.8, 4) is 0 Å². The minimum Gasteiger partial charge on any atom is -0.348 e. The zero-order valence-corrected chi connectivity index (χ0v) is 19.8. The van der Waals surface area contributed by atoms with E-state index in [1.54, 1.807) is 0 Å². The van der Waals surface area contributed by atoms with Gasteiger partial charge >= 0.3 is 0 Å². The van der Waals surface area contributed by atoms with Crippen LogP contribution in [0.1, 0.15) is 105 Å². The second-order valence-electron chi connectivity index (χ2n) is 9.85. The highest BCUT2D eigenvalue weighted by Gasteiger charge is 2.10. The van der Waals surface area contributed by atoms with E-state index >= 15 is 0 Å². The van der Waals surface area contributed by atoms with E-state index in [4.69, 9.17) is 0 Å². The average Bonchev–Trinajstić information content (AvgIpc) is 2.54. The fourth-order valence-corrected chi connectivity index (χ4v) is 2.85. The van der Waals surface area contributed by atoms with Crippen LogP contribution >= 0.6 is 0 Å². The summed E-state index contributed by atoms with van der Waals surface area (Å²) < 4.78 is 1.12. The Hall–Kier alpha value is -0.830. The predicted molar refractivity (Wildman–Crippen MR) is 122 cm³/mol. The molecule has 0 atom stereocenters. The van der Waals surface area contributed by atoms with Gasteiger partial charge in [-0.2, -0.15) is 0 Å². The van der Waals surface area contributed by atoms with E-state index in [-0.39, 0.29) is 11.4 Å². The largest absolute Gasteiger partial charge is 0.348 e. The number of rotatable bonds is 14. The van der Waals surface area contributed by atoms with Gasteiger partial charge in [0, 0.05) is 5.54 Å². The maximum absolute atomic E-state index is 10.6. The van der Waals surface area contributed by atoms with E-state index in [0.717, 1.165) is 4.48 Å². The van der Waals surface area contributed by atoms with Gasteiger partial charge in [0.1, 0.15) is 0 Å². The topological polar surface area (TPSA) is 29.1 Å². The van der Waals surface area contributed by atoms with Crippen molar-refractivity contribution in [2.24, 2.45) is 0 Å². The lowest BCUT2D eigenvalue weighted by atomic mass is 10.1. The first-order chi connectivity index (χ1) is 12.5. The molecule has 0 aliphatic carbocycles. The van der Waals surface area contributed by atoms with E-state index in [9.17, 15) is 4.79 Å². The molecule has 3 heteroatoms. The molecule has 1 amide bonds. The quantitative estimate of drug-likeness (QED) is 0.207. The van der Waals surface area contributed by atoms with E-state index in [0.29, 0.717) is 0 Å². The van der Waals surface area contributed by atoms with Crippen molar-refractivity contribution in [2.75, 3.05) is 27.7 Å². The van der Waals surface area contributed by atoms with E-state index in [1.807, 2.05) is 20.8 Å². The number of carbonyl (C=O) groups excluding carboxylic acids is 1. The van der Waals surface area contributed by atoms with Crippen LogP contribution in [0.4, 0.5) is 0 Å². The first kappa shape index (κ1) is 28.4. The number of amides is 1. The molecule has 0 bridgehead atoms. The highest BCUT2D eigenvalue weighted by molar-refractivity contribution is 5.87. The molecule has 1 N–H and O–H groups in total. The van der Waals surface area contributed by atoms with Gasteiger partial charge in [-0.1, -0.05) is 77.7 Å². The maximum atomic E-state index is 10.6. The molecule has 0 rings (SSSR count). The lowest BCUT2D eigenvalue weighted by Gasteiger charge is -2.23. The molecule has 0 aliphatic heterocycles. The van der Waals surface area contributed by atoms with Crippen LogP contribution in [-0.2, 0) is 4.79 Å². The van der Waals surface area contributed by atoms with Crippen molar-refractivity contribution >= 4 is 5.91 Å². The summed E-state index contributed by atoms with van der Waals surface area (Å²) in [6.07, 6.45) is 18.7. The molecule has 3 nitrogen and oxygen atoms in total. The van der Waals surface area contributed by atoms with Gasteiger partial charge < -0.3 is 9.80 Å². The van der Waals surface area contributed by atoms with Gasteiger partial charge in [-0.15, -0.1) is 0 Å². The fraction of sp³-hybridized carbons (Fsp3) is 0.875. The summed E-state index contributed by atoms with van der Waals surface area (Å²) in [4.78, 5) is 10.6. The Kier molecular flexibility index (Phi) is 18.2. The Morgan fingerprint density at radius 2 is 1.19 bits per heavy atom. The molecule has 0 unspecified atom stereocenters. The number of hydrogen-bond acceptors (Lipinski definition) is 1. The maximum Gasteiger partial charge on any atom is 0.243 e. The zero-order valence-electron chi connectivity index (χ0n) is 19.8. The summed E-state index contributed by atoms with van der Waals surface area (Å²) in [6.45, 7) is 12.7. The van der Waals surface area contributed by atoms with Gasteiger partial charge in [0.25, 0.3) is 0 Å². The van der Waals surface area contributed by atoms with Gasteiger partial charge in [-0.05, 0) is 39.7 Å². The van der Waals surface area contributed by atoms with Crippen LogP contribution in [0.2, 0.25) is 0 Å². The summed E-state index contributed by atoms with van der Waals surface area (Å²) >= 11 is 0. The third-order valence-corrected chi connectivity index (χ3v) is 4.37. The van der Waals surface area contributed by atoms with E-state index < -0.39 is 0 Å². The monoisotopic (exact) mass is 383 g/mol. The standard InChI is InChI=1S/C17H38N.C7H13NO/c1-5-6-7-8-9-10-11-12-13-14-15-16-17-18(2,3)4;1-5-6(9)8-7(2,3)4/h5-17H2,1-4H3;5H,1H2,2-4H3,(H,8,9)/q+1;. The number of hydrogen-bond donors (Lipinski definition) is 1. The number of carbonyl (C=O) groups is 1. The van der Waals surface area contributed by atoms with Gasteiger partial charge in [0.2, 0.25) is 5.91 Å². The second kappa shape index (κ2) is 17.3. The lowest BCUT2D eigenvalue weighted by molar-refractivity contribution is -0.870. The molecule has 0 saturated heterocycles. The predicted octanol–water partition coefficient (Wildman–Crippen LogP) is 6.48. The zero-order chi connectivity index (χ0) is 21.2. The number of quaternary nitrogens is 1. The Morgan fingerprint density at radius 3 is 1.44 bits per heavy atom. The van der Waals surface area contributed by atoms with Gasteiger partial charge in [0.15, 0.2) is 0 Å². The minimum atomic E-state index is -0.148. The second-order valence-corrected chi connectivity index (χ2v) is 9.85. The van der Waals surface area contributed by atoms with Crippen molar-refractivity contribution in [2.45, 2.75) is 110 Å². The molecule has 0 radical (unpaired) electrons. The van der Waals surface area contributed by atoms with Crippen LogP contribution in [-0.4, -0.2) is 43.6 Å². The minimum absolute atomic E-state index is 0.123. The highest BCUT2D eigenvalue weighted by atomic mass is 16.1. The molecular weight excluding hydrogens is 332 g/mol. The van der Waals surface area contributed by atoms with Crippen LogP contribution in [0.3, 0.4) is 0 Å². The Labute approximate surface area is 171 Å². The molecule has 0 fully saturated rings. The number of nitrogens with zero attached hydrogens (tertiary/aromatic N) is 1. The summed E-state index contributed by atoms with van der Waals surface area (Å²) in [6, 6.07) is 0. The SMILES string of the molecule is C=CC(=O)NC(C)(C)C.CCCCCCCCCCCCCC[N+](C)(C)C. The Morgan fingerprint density at radius 1 is 0.815 bits per heavy atom. The summed E-state index contributed by atoms with van der Waals surface area (Å²) in [7, 11) is 6.87. The van der Waals surface area contributed by atoms with Crippen LogP contribution in [0.25, 0.3) is 0 Å². The molecule has 162 valence electrons. The summed E-state index contributed by atoms with van der Waals surface area (Å²) in [5.41, 5.74) is -0.148. The molecule has 27 heavy (non-hydrogen) atoms. The molecule has 0 aromatic rings. The number of unbranched alkanes of at least 4 members (excludes halogenated alkanes) is 11. The first-order valence-electron chi connectivity index (χ1n) is 11.3. The summed E-state index contributed by atoms with van der Waals surface area (Å²) in [5, 5.41) is 2.71. The van der Waals surface area contributed by atoms with Crippen molar-refractivity contribution < 1.29 is 9.28 Å². The van der Waals surface area contributed by atoms with Crippen LogP contribution in [0, 0.1) is 0 Å². The lowest BCUT2D eigenvalue weighted by Crippen LogP contribution is -2.39. The molecule has 0 aromatic heterocycles. The fourth-order valence-electron chi connectivity index (χ4n) is 2.85.